The van der Waals surface area contributed by atoms with Gasteiger partial charge in [0, 0.05) is 18.8 Å². The first-order valence-electron chi connectivity index (χ1n) is 14.2. The molecule has 0 spiro atoms. The summed E-state index contributed by atoms with van der Waals surface area (Å²) in [6, 6.07) is 16.2. The fourth-order valence-corrected chi connectivity index (χ4v) is 6.33. The Morgan fingerprint density at radius 2 is 1.88 bits per heavy atom. The summed E-state index contributed by atoms with van der Waals surface area (Å²) in [7, 11) is -4.21. The minimum Gasteiger partial charge on any atom is -0.433 e. The van der Waals surface area contributed by atoms with Crippen molar-refractivity contribution in [2.24, 2.45) is 5.73 Å². The van der Waals surface area contributed by atoms with E-state index in [4.69, 9.17) is 24.1 Å². The van der Waals surface area contributed by atoms with Crippen molar-refractivity contribution in [2.45, 2.75) is 55.2 Å². The fourth-order valence-electron chi connectivity index (χ4n) is 4.99. The molecule has 0 bridgehead atoms. The molecule has 4 aromatic rings. The molecule has 2 atom stereocenters. The summed E-state index contributed by atoms with van der Waals surface area (Å²) >= 11 is 0. The zero-order chi connectivity index (χ0) is 30.2. The minimum atomic E-state index is -4.21. The average molecular weight is 613 g/mol. The molecule has 1 aliphatic carbocycles. The van der Waals surface area contributed by atoms with Crippen LogP contribution in [-0.4, -0.2) is 62.0 Å². The highest BCUT2D eigenvalue weighted by atomic mass is 32.2. The van der Waals surface area contributed by atoms with E-state index in [1.807, 2.05) is 30.3 Å². The molecule has 12 nitrogen and oxygen atoms in total. The van der Waals surface area contributed by atoms with Gasteiger partial charge in [-0.15, -0.1) is 0 Å². The van der Waals surface area contributed by atoms with Crippen LogP contribution in [0, 0.1) is 0 Å². The molecule has 0 unspecified atom stereocenters. The van der Waals surface area contributed by atoms with Crippen molar-refractivity contribution >= 4 is 33.0 Å². The lowest BCUT2D eigenvalue weighted by atomic mass is 10.0. The van der Waals surface area contributed by atoms with Crippen LogP contribution in [0.3, 0.4) is 0 Å². The number of hydrogen-bond acceptors (Lipinski definition) is 10. The lowest BCUT2D eigenvalue weighted by molar-refractivity contribution is -0.145. The standard InChI is InChI=1S/C30H36N4O8S/c31-14-15-32-22-9-6-12-24(18-22)43(37,38)34(42-23-10-4-5-11-23)19-27(35)26(17-21-7-2-1-3-8-21)33-30(36)41-28-20-40-29-25(28)13-16-39-29/h1-3,6-9,12-13,16,18,20,23,26-27,32,35H,4-5,10-11,14-15,17,19,31H2,(H,33,36)/t26-,27+/m0/s1. The van der Waals surface area contributed by atoms with E-state index < -0.39 is 34.8 Å². The second-order valence-corrected chi connectivity index (χ2v) is 12.2. The molecule has 5 N–H and O–H groups in total. The van der Waals surface area contributed by atoms with Crippen molar-refractivity contribution in [1.82, 2.24) is 9.79 Å². The van der Waals surface area contributed by atoms with Crippen LogP contribution < -0.4 is 21.1 Å². The van der Waals surface area contributed by atoms with E-state index in [2.05, 4.69) is 10.6 Å². The van der Waals surface area contributed by atoms with Gasteiger partial charge in [0.15, 0.2) is 5.75 Å². The first-order chi connectivity index (χ1) is 20.8. The maximum Gasteiger partial charge on any atom is 0.413 e. The van der Waals surface area contributed by atoms with Crippen molar-refractivity contribution < 1.29 is 36.7 Å². The number of nitrogens with two attached hydrogens (primary N) is 1. The second-order valence-electron chi connectivity index (χ2n) is 10.4. The number of hydrogen-bond donors (Lipinski definition) is 4. The van der Waals surface area contributed by atoms with Gasteiger partial charge in [0.1, 0.15) is 11.6 Å². The number of nitrogens with zero attached hydrogens (tertiary/aromatic N) is 1. The Labute approximate surface area is 249 Å². The first kappa shape index (κ1) is 30.6. The Hall–Kier alpha value is -3.88. The Morgan fingerprint density at radius 3 is 2.65 bits per heavy atom. The van der Waals surface area contributed by atoms with E-state index in [1.165, 1.54) is 24.7 Å². The number of carbonyl (C=O) groups excluding carboxylic acids is 1. The predicted molar refractivity (Wildman–Crippen MR) is 159 cm³/mol. The summed E-state index contributed by atoms with van der Waals surface area (Å²) in [5.41, 5.74) is 6.99. The Balaban J connectivity index is 1.38. The third kappa shape index (κ3) is 7.75. The summed E-state index contributed by atoms with van der Waals surface area (Å²) in [5.74, 6) is 0.349. The number of sulfonamides is 1. The van der Waals surface area contributed by atoms with Crippen molar-refractivity contribution in [1.29, 1.82) is 0 Å². The van der Waals surface area contributed by atoms with E-state index in [0.717, 1.165) is 22.9 Å². The number of rotatable bonds is 14. The van der Waals surface area contributed by atoms with Crippen molar-refractivity contribution in [2.75, 3.05) is 25.0 Å². The summed E-state index contributed by atoms with van der Waals surface area (Å²) in [6.07, 6.45) is 3.54. The zero-order valence-corrected chi connectivity index (χ0v) is 24.4. The lowest BCUT2D eigenvalue weighted by Crippen LogP contribution is -2.51. The molecule has 2 aromatic heterocycles. The first-order valence-corrected chi connectivity index (χ1v) is 15.7. The number of aliphatic hydroxyl groups excluding tert-OH is 1. The summed E-state index contributed by atoms with van der Waals surface area (Å²) in [5, 5.41) is 17.7. The highest BCUT2D eigenvalue weighted by Crippen LogP contribution is 2.29. The molecule has 0 aliphatic heterocycles. The number of anilines is 1. The van der Waals surface area contributed by atoms with Crippen LogP contribution in [0.1, 0.15) is 31.2 Å². The monoisotopic (exact) mass is 612 g/mol. The SMILES string of the molecule is NCCNc1cccc(S(=O)(=O)N(C[C@@H](O)[C@H](Cc2ccccc2)NC(=O)Oc2coc3occc23)OC2CCCC2)c1. The largest absolute Gasteiger partial charge is 0.433 e. The lowest BCUT2D eigenvalue weighted by Gasteiger charge is -2.30. The number of amides is 1. The zero-order valence-electron chi connectivity index (χ0n) is 23.6. The van der Waals surface area contributed by atoms with E-state index in [9.17, 15) is 18.3 Å². The number of ether oxygens (including phenoxy) is 1. The third-order valence-electron chi connectivity index (χ3n) is 7.22. The Morgan fingerprint density at radius 1 is 1.09 bits per heavy atom. The molecule has 1 fully saturated rings. The number of furan rings is 2. The van der Waals surface area contributed by atoms with Crippen molar-refractivity contribution in [3.63, 3.8) is 0 Å². The number of fused-ring (bicyclic) bond motifs is 1. The van der Waals surface area contributed by atoms with Crippen LogP contribution >= 0.6 is 0 Å². The van der Waals surface area contributed by atoms with Gasteiger partial charge in [-0.05, 0) is 49.1 Å². The Kier molecular flexibility index (Phi) is 10.00. The molecule has 230 valence electrons. The van der Waals surface area contributed by atoms with Gasteiger partial charge in [-0.3, -0.25) is 4.84 Å². The summed E-state index contributed by atoms with van der Waals surface area (Å²) in [6.45, 7) is 0.416. The summed E-state index contributed by atoms with van der Waals surface area (Å²) < 4.78 is 44.5. The molecule has 2 aromatic carbocycles. The smallest absolute Gasteiger partial charge is 0.413 e. The number of hydroxylamine groups is 1. The van der Waals surface area contributed by atoms with Gasteiger partial charge in [0.2, 0.25) is 0 Å². The number of aliphatic hydroxyl groups is 1. The van der Waals surface area contributed by atoms with Gasteiger partial charge in [0.05, 0.1) is 36.0 Å². The van der Waals surface area contributed by atoms with Crippen LogP contribution in [0.4, 0.5) is 10.5 Å². The predicted octanol–water partition coefficient (Wildman–Crippen LogP) is 4.02. The second kappa shape index (κ2) is 14.1. The molecule has 43 heavy (non-hydrogen) atoms. The number of carbonyl (C=O) groups is 1. The van der Waals surface area contributed by atoms with Gasteiger partial charge < -0.3 is 35.0 Å². The highest BCUT2D eigenvalue weighted by Gasteiger charge is 2.35. The van der Waals surface area contributed by atoms with Crippen LogP contribution in [0.15, 0.2) is 86.9 Å². The molecular formula is C30H36N4O8S. The molecule has 13 heteroatoms. The van der Waals surface area contributed by atoms with Gasteiger partial charge >= 0.3 is 11.9 Å². The van der Waals surface area contributed by atoms with Gasteiger partial charge in [-0.2, -0.15) is 0 Å². The molecule has 1 aliphatic rings. The van der Waals surface area contributed by atoms with E-state index in [1.54, 1.807) is 18.2 Å². The quantitative estimate of drug-likeness (QED) is 0.153. The van der Waals surface area contributed by atoms with Crippen LogP contribution in [0.5, 0.6) is 5.75 Å². The average Bonchev–Trinajstić information content (AvgIpc) is 3.77. The molecule has 0 saturated heterocycles. The maximum atomic E-state index is 13.9. The molecule has 0 radical (unpaired) electrons. The fraction of sp³-hybridized carbons (Fsp3) is 0.367. The maximum absolute atomic E-state index is 13.9. The van der Waals surface area contributed by atoms with E-state index >= 15 is 0 Å². The van der Waals surface area contributed by atoms with Crippen molar-refractivity contribution in [3.8, 4) is 5.75 Å². The molecule has 1 amide bonds. The van der Waals surface area contributed by atoms with Crippen LogP contribution in [0.2, 0.25) is 0 Å². The van der Waals surface area contributed by atoms with E-state index in [-0.39, 0.29) is 28.9 Å². The number of nitrogens with one attached hydrogen (secondary N) is 2. The van der Waals surface area contributed by atoms with Gasteiger partial charge in [-0.1, -0.05) is 53.7 Å². The number of benzene rings is 2. The highest BCUT2D eigenvalue weighted by molar-refractivity contribution is 7.89. The molecule has 1 saturated carbocycles. The van der Waals surface area contributed by atoms with E-state index in [0.29, 0.717) is 37.0 Å². The minimum absolute atomic E-state index is 0.00390. The molecular weight excluding hydrogens is 576 g/mol. The van der Waals surface area contributed by atoms with Crippen molar-refractivity contribution in [3.05, 3.63) is 78.8 Å². The normalized spacial score (nSPS) is 15.5. The van der Waals surface area contributed by atoms with Crippen LogP contribution in [0.25, 0.3) is 11.2 Å². The van der Waals surface area contributed by atoms with Crippen LogP contribution in [-0.2, 0) is 21.3 Å². The molecule has 2 heterocycles. The topological polar surface area (TPSA) is 169 Å². The Bertz CT molecular complexity index is 1580. The summed E-state index contributed by atoms with van der Waals surface area (Å²) in [4.78, 5) is 19.0. The van der Waals surface area contributed by atoms with Gasteiger partial charge in [-0.25, -0.2) is 13.2 Å². The third-order valence-corrected chi connectivity index (χ3v) is 8.84. The van der Waals surface area contributed by atoms with Gasteiger partial charge in [0.25, 0.3) is 10.0 Å². The molecule has 5 rings (SSSR count).